The number of rotatable bonds is 7. The lowest BCUT2D eigenvalue weighted by Crippen LogP contribution is -2.32. The molecule has 1 rings (SSSR count). The number of nitrogens with one attached hydrogen (secondary N) is 1. The molecule has 0 saturated carbocycles. The Morgan fingerprint density at radius 2 is 1.77 bits per heavy atom. The van der Waals surface area contributed by atoms with Crippen molar-refractivity contribution >= 4 is 11.9 Å². The van der Waals surface area contributed by atoms with E-state index in [-0.39, 0.29) is 30.0 Å². The summed E-state index contributed by atoms with van der Waals surface area (Å²) in [5.74, 6) is -1.92. The molecular weight excluding hydrogens is 293 g/mol. The van der Waals surface area contributed by atoms with Gasteiger partial charge in [0.05, 0.1) is 25.2 Å². The average Bonchev–Trinajstić information content (AvgIpc) is 2.46. The number of methoxy groups -OCH3 is 2. The van der Waals surface area contributed by atoms with Crippen molar-refractivity contribution in [2.24, 2.45) is 5.41 Å². The molecule has 6 nitrogen and oxygen atoms in total. The van der Waals surface area contributed by atoms with Gasteiger partial charge in [0.1, 0.15) is 5.82 Å². The van der Waals surface area contributed by atoms with Crippen molar-refractivity contribution in [1.29, 1.82) is 0 Å². The van der Waals surface area contributed by atoms with Gasteiger partial charge in [-0.1, -0.05) is 0 Å². The van der Waals surface area contributed by atoms with E-state index in [4.69, 9.17) is 14.6 Å². The lowest BCUT2D eigenvalue weighted by atomic mass is 9.90. The predicted octanol–water partition coefficient (Wildman–Crippen LogP) is 2.07. The van der Waals surface area contributed by atoms with Crippen LogP contribution in [0.15, 0.2) is 12.1 Å². The second kappa shape index (κ2) is 7.11. The Bertz CT molecular complexity index is 571. The van der Waals surface area contributed by atoms with Gasteiger partial charge in [-0.05, 0) is 26.3 Å². The normalized spacial score (nSPS) is 11.0. The second-order valence-electron chi connectivity index (χ2n) is 5.38. The quantitative estimate of drug-likeness (QED) is 0.805. The van der Waals surface area contributed by atoms with Crippen LogP contribution in [0.1, 0.15) is 30.6 Å². The molecule has 0 spiro atoms. The van der Waals surface area contributed by atoms with Crippen LogP contribution < -0.4 is 14.8 Å². The van der Waals surface area contributed by atoms with Crippen molar-refractivity contribution in [3.05, 3.63) is 23.5 Å². The number of carbonyl (C=O) groups is 2. The largest absolute Gasteiger partial charge is 0.493 e. The molecule has 7 heteroatoms. The van der Waals surface area contributed by atoms with Gasteiger partial charge in [0.25, 0.3) is 5.91 Å². The SMILES string of the molecule is COc1cc(F)c(C(=O)NCCC(C)(C)C(=O)O)cc1OC. The molecule has 22 heavy (non-hydrogen) atoms. The lowest BCUT2D eigenvalue weighted by Gasteiger charge is -2.19. The van der Waals surface area contributed by atoms with Crippen molar-refractivity contribution in [3.63, 3.8) is 0 Å². The van der Waals surface area contributed by atoms with Crippen LogP contribution in [0.5, 0.6) is 11.5 Å². The lowest BCUT2D eigenvalue weighted by molar-refractivity contribution is -0.147. The highest BCUT2D eigenvalue weighted by molar-refractivity contribution is 5.95. The zero-order chi connectivity index (χ0) is 16.9. The summed E-state index contributed by atoms with van der Waals surface area (Å²) in [6, 6.07) is 2.31. The number of ether oxygens (including phenoxy) is 2. The van der Waals surface area contributed by atoms with E-state index in [0.29, 0.717) is 0 Å². The number of aliphatic carboxylic acids is 1. The average molecular weight is 313 g/mol. The van der Waals surface area contributed by atoms with Crippen molar-refractivity contribution in [2.75, 3.05) is 20.8 Å². The highest BCUT2D eigenvalue weighted by atomic mass is 19.1. The molecule has 122 valence electrons. The summed E-state index contributed by atoms with van der Waals surface area (Å²) in [4.78, 5) is 23.0. The molecule has 0 bridgehead atoms. The predicted molar refractivity (Wildman–Crippen MR) is 77.9 cm³/mol. The number of halogens is 1. The molecular formula is C15H20FNO5. The zero-order valence-electron chi connectivity index (χ0n) is 13.0. The summed E-state index contributed by atoms with van der Waals surface area (Å²) < 4.78 is 23.9. The third-order valence-electron chi connectivity index (χ3n) is 3.33. The van der Waals surface area contributed by atoms with Crippen LogP contribution in [0.4, 0.5) is 4.39 Å². The number of carbonyl (C=O) groups excluding carboxylic acids is 1. The van der Waals surface area contributed by atoms with Gasteiger partial charge >= 0.3 is 5.97 Å². The number of hydrogen-bond acceptors (Lipinski definition) is 4. The molecule has 0 fully saturated rings. The van der Waals surface area contributed by atoms with E-state index in [1.165, 1.54) is 20.3 Å². The van der Waals surface area contributed by atoms with E-state index in [2.05, 4.69) is 5.32 Å². The van der Waals surface area contributed by atoms with Gasteiger partial charge in [0, 0.05) is 12.6 Å². The van der Waals surface area contributed by atoms with Crippen LogP contribution in [0, 0.1) is 11.2 Å². The van der Waals surface area contributed by atoms with Gasteiger partial charge in [0.2, 0.25) is 0 Å². The van der Waals surface area contributed by atoms with Crippen molar-refractivity contribution < 1.29 is 28.6 Å². The Hall–Kier alpha value is -2.31. The molecule has 1 amide bonds. The minimum absolute atomic E-state index is 0.117. The van der Waals surface area contributed by atoms with Crippen LogP contribution in [0.3, 0.4) is 0 Å². The summed E-state index contributed by atoms with van der Waals surface area (Å²) in [6.45, 7) is 3.23. The first kappa shape index (κ1) is 17.7. The van der Waals surface area contributed by atoms with Crippen molar-refractivity contribution in [1.82, 2.24) is 5.32 Å². The summed E-state index contributed by atoms with van der Waals surface area (Å²) in [5.41, 5.74) is -1.16. The molecule has 2 N–H and O–H groups in total. The Morgan fingerprint density at radius 1 is 1.23 bits per heavy atom. The molecule has 0 atom stereocenters. The smallest absolute Gasteiger partial charge is 0.309 e. The highest BCUT2D eigenvalue weighted by Crippen LogP contribution is 2.29. The molecule has 0 saturated heterocycles. The number of benzene rings is 1. The molecule has 0 radical (unpaired) electrons. The van der Waals surface area contributed by atoms with Gasteiger partial charge in [-0.2, -0.15) is 0 Å². The van der Waals surface area contributed by atoms with Gasteiger partial charge in [-0.15, -0.1) is 0 Å². The minimum atomic E-state index is -0.969. The first-order valence-corrected chi connectivity index (χ1v) is 6.66. The Morgan fingerprint density at radius 3 is 2.27 bits per heavy atom. The van der Waals surface area contributed by atoms with Crippen LogP contribution in [-0.2, 0) is 4.79 Å². The highest BCUT2D eigenvalue weighted by Gasteiger charge is 2.27. The summed E-state index contributed by atoms with van der Waals surface area (Å²) >= 11 is 0. The summed E-state index contributed by atoms with van der Waals surface area (Å²) in [5, 5.41) is 11.5. The van der Waals surface area contributed by atoms with Crippen LogP contribution >= 0.6 is 0 Å². The first-order valence-electron chi connectivity index (χ1n) is 6.66. The number of carboxylic acid groups (broad SMARTS) is 1. The molecule has 0 aliphatic carbocycles. The standard InChI is InChI=1S/C15H20FNO5/c1-15(2,14(19)20)5-6-17-13(18)9-7-11(21-3)12(22-4)8-10(9)16/h7-8H,5-6H2,1-4H3,(H,17,18)(H,19,20). The van der Waals surface area contributed by atoms with E-state index in [9.17, 15) is 14.0 Å². The number of hydrogen-bond donors (Lipinski definition) is 2. The molecule has 0 aliphatic heterocycles. The van der Waals surface area contributed by atoms with Crippen molar-refractivity contribution in [3.8, 4) is 11.5 Å². The fourth-order valence-electron chi connectivity index (χ4n) is 1.72. The maximum absolute atomic E-state index is 13.9. The first-order chi connectivity index (χ1) is 10.2. The molecule has 0 unspecified atom stereocenters. The van der Waals surface area contributed by atoms with E-state index >= 15 is 0 Å². The van der Waals surface area contributed by atoms with E-state index in [1.807, 2.05) is 0 Å². The fourth-order valence-corrected chi connectivity index (χ4v) is 1.72. The Balaban J connectivity index is 2.80. The van der Waals surface area contributed by atoms with Crippen LogP contribution in [0.2, 0.25) is 0 Å². The second-order valence-corrected chi connectivity index (χ2v) is 5.38. The molecule has 0 aromatic heterocycles. The molecule has 1 aromatic carbocycles. The topological polar surface area (TPSA) is 84.9 Å². The van der Waals surface area contributed by atoms with Gasteiger partial charge in [-0.25, -0.2) is 4.39 Å². The zero-order valence-corrected chi connectivity index (χ0v) is 13.0. The monoisotopic (exact) mass is 313 g/mol. The molecule has 0 heterocycles. The maximum Gasteiger partial charge on any atom is 0.309 e. The number of amides is 1. The van der Waals surface area contributed by atoms with Gasteiger partial charge in [0.15, 0.2) is 11.5 Å². The minimum Gasteiger partial charge on any atom is -0.493 e. The molecule has 1 aromatic rings. The van der Waals surface area contributed by atoms with E-state index in [0.717, 1.165) is 6.07 Å². The van der Waals surface area contributed by atoms with Gasteiger partial charge in [-0.3, -0.25) is 9.59 Å². The summed E-state index contributed by atoms with van der Waals surface area (Å²) in [7, 11) is 2.75. The van der Waals surface area contributed by atoms with E-state index < -0.39 is 23.1 Å². The summed E-state index contributed by atoms with van der Waals surface area (Å²) in [6.07, 6.45) is 0.225. The van der Waals surface area contributed by atoms with Gasteiger partial charge < -0.3 is 19.9 Å². The molecule has 0 aliphatic rings. The third-order valence-corrected chi connectivity index (χ3v) is 3.33. The van der Waals surface area contributed by atoms with Crippen LogP contribution in [0.25, 0.3) is 0 Å². The van der Waals surface area contributed by atoms with Crippen LogP contribution in [-0.4, -0.2) is 37.7 Å². The Kier molecular flexibility index (Phi) is 5.73. The maximum atomic E-state index is 13.9. The number of carboxylic acids is 1. The van der Waals surface area contributed by atoms with E-state index in [1.54, 1.807) is 13.8 Å². The third kappa shape index (κ3) is 4.09. The Labute approximate surface area is 128 Å². The van der Waals surface area contributed by atoms with Crippen molar-refractivity contribution in [2.45, 2.75) is 20.3 Å². The fraction of sp³-hybridized carbons (Fsp3) is 0.467.